The van der Waals surface area contributed by atoms with E-state index in [-0.39, 0.29) is 5.41 Å². The van der Waals surface area contributed by atoms with E-state index < -0.39 is 0 Å². The van der Waals surface area contributed by atoms with Crippen LogP contribution in [-0.2, 0) is 5.41 Å². The molecular weight excluding hydrogens is 196 g/mol. The van der Waals surface area contributed by atoms with Crippen LogP contribution in [0, 0.1) is 0 Å². The minimum absolute atomic E-state index is 0.0913. The lowest BCUT2D eigenvalue weighted by molar-refractivity contribution is 0.120. The van der Waals surface area contributed by atoms with Crippen LogP contribution in [0.1, 0.15) is 56.6 Å². The molecule has 1 atom stereocenters. The molecule has 1 unspecified atom stereocenters. The van der Waals surface area contributed by atoms with Crippen molar-refractivity contribution in [1.82, 2.24) is 0 Å². The Balaban J connectivity index is 2.18. The third kappa shape index (κ3) is 1.89. The summed E-state index contributed by atoms with van der Waals surface area (Å²) >= 11 is 0. The van der Waals surface area contributed by atoms with Gasteiger partial charge in [0.25, 0.3) is 0 Å². The van der Waals surface area contributed by atoms with Crippen LogP contribution in [0.5, 0.6) is 0 Å². The highest BCUT2D eigenvalue weighted by Gasteiger charge is 2.37. The Kier molecular flexibility index (Phi) is 3.34. The molecule has 16 heavy (non-hydrogen) atoms. The fourth-order valence-electron chi connectivity index (χ4n) is 2.54. The van der Waals surface area contributed by atoms with E-state index in [9.17, 15) is 5.11 Å². The van der Waals surface area contributed by atoms with Gasteiger partial charge in [-0.3, -0.25) is 0 Å². The third-order valence-electron chi connectivity index (χ3n) is 4.32. The van der Waals surface area contributed by atoms with Gasteiger partial charge in [0, 0.05) is 5.41 Å². The maximum absolute atomic E-state index is 9.51. The molecule has 1 saturated carbocycles. The number of rotatable bonds is 4. The molecular formula is C15H22O. The molecule has 1 N–H and O–H groups in total. The fourth-order valence-corrected chi connectivity index (χ4v) is 2.54. The van der Waals surface area contributed by atoms with Gasteiger partial charge in [0.05, 0.1) is 6.61 Å². The van der Waals surface area contributed by atoms with Gasteiger partial charge in [-0.25, -0.2) is 0 Å². The molecule has 1 nitrogen and oxygen atoms in total. The van der Waals surface area contributed by atoms with Crippen LogP contribution in [0.4, 0.5) is 0 Å². The predicted molar refractivity (Wildman–Crippen MR) is 67.8 cm³/mol. The average molecular weight is 218 g/mol. The van der Waals surface area contributed by atoms with Crippen LogP contribution in [0.3, 0.4) is 0 Å². The first-order chi connectivity index (χ1) is 7.72. The number of aliphatic hydroxyl groups is 1. The lowest BCUT2D eigenvalue weighted by atomic mass is 9.65. The van der Waals surface area contributed by atoms with Gasteiger partial charge < -0.3 is 5.11 Å². The zero-order chi connectivity index (χ0) is 11.6. The highest BCUT2D eigenvalue weighted by atomic mass is 16.3. The van der Waals surface area contributed by atoms with E-state index >= 15 is 0 Å². The van der Waals surface area contributed by atoms with E-state index in [0.29, 0.717) is 12.5 Å². The fraction of sp³-hybridized carbons (Fsp3) is 0.600. The van der Waals surface area contributed by atoms with E-state index in [2.05, 4.69) is 38.1 Å². The Morgan fingerprint density at radius 3 is 2.25 bits per heavy atom. The summed E-state index contributed by atoms with van der Waals surface area (Å²) in [6, 6.07) is 8.91. The van der Waals surface area contributed by atoms with Crippen molar-refractivity contribution in [2.24, 2.45) is 0 Å². The van der Waals surface area contributed by atoms with Gasteiger partial charge in [0.15, 0.2) is 0 Å². The first-order valence-electron chi connectivity index (χ1n) is 6.43. The van der Waals surface area contributed by atoms with Crippen molar-refractivity contribution in [2.45, 2.75) is 50.9 Å². The zero-order valence-corrected chi connectivity index (χ0v) is 10.4. The van der Waals surface area contributed by atoms with Gasteiger partial charge in [-0.1, -0.05) is 44.5 Å². The van der Waals surface area contributed by atoms with Crippen LogP contribution < -0.4 is 0 Å². The topological polar surface area (TPSA) is 20.2 Å². The number of hydrogen-bond acceptors (Lipinski definition) is 1. The summed E-state index contributed by atoms with van der Waals surface area (Å²) in [5.74, 6) is 0.639. The summed E-state index contributed by atoms with van der Waals surface area (Å²) < 4.78 is 0. The van der Waals surface area contributed by atoms with E-state index in [1.165, 1.54) is 24.0 Å². The molecule has 1 heteroatoms. The largest absolute Gasteiger partial charge is 0.395 e. The number of aliphatic hydroxyl groups excluding tert-OH is 1. The molecule has 0 aromatic heterocycles. The molecule has 0 saturated heterocycles. The lowest BCUT2D eigenvalue weighted by Crippen LogP contribution is -2.37. The Morgan fingerprint density at radius 2 is 1.88 bits per heavy atom. The summed E-state index contributed by atoms with van der Waals surface area (Å²) in [6.07, 6.45) is 4.73. The second-order valence-electron chi connectivity index (χ2n) is 5.22. The minimum Gasteiger partial charge on any atom is -0.395 e. The Labute approximate surface area is 98.5 Å². The minimum atomic E-state index is 0.0913. The SMILES string of the molecule is CCC(C)c1ccc(C2(CO)CCC2)cc1. The summed E-state index contributed by atoms with van der Waals surface area (Å²) in [5, 5.41) is 9.51. The van der Waals surface area contributed by atoms with Crippen molar-refractivity contribution >= 4 is 0 Å². The van der Waals surface area contributed by atoms with Crippen LogP contribution >= 0.6 is 0 Å². The normalized spacial score (nSPS) is 20.2. The van der Waals surface area contributed by atoms with E-state index in [0.717, 1.165) is 12.8 Å². The van der Waals surface area contributed by atoms with Crippen LogP contribution in [0.15, 0.2) is 24.3 Å². The van der Waals surface area contributed by atoms with Crippen molar-refractivity contribution in [3.05, 3.63) is 35.4 Å². The van der Waals surface area contributed by atoms with Gasteiger partial charge in [0.2, 0.25) is 0 Å². The van der Waals surface area contributed by atoms with Gasteiger partial charge in [-0.15, -0.1) is 0 Å². The molecule has 88 valence electrons. The standard InChI is InChI=1S/C15H22O/c1-3-12(2)13-5-7-14(8-6-13)15(11-16)9-4-10-15/h5-8,12,16H,3-4,9-11H2,1-2H3. The summed E-state index contributed by atoms with van der Waals surface area (Å²) in [4.78, 5) is 0. The molecule has 0 aliphatic heterocycles. The van der Waals surface area contributed by atoms with Gasteiger partial charge >= 0.3 is 0 Å². The lowest BCUT2D eigenvalue weighted by Gasteiger charge is -2.41. The predicted octanol–water partition coefficient (Wildman–Crippen LogP) is 3.61. The summed E-state index contributed by atoms with van der Waals surface area (Å²) in [6.45, 7) is 4.79. The Hall–Kier alpha value is -0.820. The Bertz CT molecular complexity index is 329. The smallest absolute Gasteiger partial charge is 0.0527 e. The van der Waals surface area contributed by atoms with Crippen molar-refractivity contribution in [2.75, 3.05) is 6.61 Å². The summed E-state index contributed by atoms with van der Waals surface area (Å²) in [7, 11) is 0. The van der Waals surface area contributed by atoms with E-state index in [1.54, 1.807) is 0 Å². The molecule has 0 spiro atoms. The first kappa shape index (κ1) is 11.7. The number of benzene rings is 1. The maximum Gasteiger partial charge on any atom is 0.0527 e. The molecule has 1 aromatic rings. The van der Waals surface area contributed by atoms with Crippen molar-refractivity contribution in [3.63, 3.8) is 0 Å². The average Bonchev–Trinajstić information content (AvgIpc) is 2.28. The van der Waals surface area contributed by atoms with Crippen LogP contribution in [0.2, 0.25) is 0 Å². The quantitative estimate of drug-likeness (QED) is 0.818. The molecule has 1 aromatic carbocycles. The van der Waals surface area contributed by atoms with E-state index in [4.69, 9.17) is 0 Å². The number of hydrogen-bond donors (Lipinski definition) is 1. The summed E-state index contributed by atoms with van der Waals surface area (Å²) in [5.41, 5.74) is 2.83. The monoisotopic (exact) mass is 218 g/mol. The van der Waals surface area contributed by atoms with Crippen molar-refractivity contribution in [3.8, 4) is 0 Å². The third-order valence-corrected chi connectivity index (χ3v) is 4.32. The van der Waals surface area contributed by atoms with Crippen LogP contribution in [-0.4, -0.2) is 11.7 Å². The second-order valence-corrected chi connectivity index (χ2v) is 5.22. The molecule has 0 heterocycles. The van der Waals surface area contributed by atoms with Gasteiger partial charge in [-0.05, 0) is 36.3 Å². The molecule has 0 radical (unpaired) electrons. The van der Waals surface area contributed by atoms with Crippen molar-refractivity contribution < 1.29 is 5.11 Å². The second kappa shape index (κ2) is 4.58. The molecule has 0 amide bonds. The van der Waals surface area contributed by atoms with Gasteiger partial charge in [-0.2, -0.15) is 0 Å². The molecule has 1 aliphatic carbocycles. The highest BCUT2D eigenvalue weighted by Crippen LogP contribution is 2.43. The van der Waals surface area contributed by atoms with Crippen molar-refractivity contribution in [1.29, 1.82) is 0 Å². The zero-order valence-electron chi connectivity index (χ0n) is 10.4. The molecule has 1 fully saturated rings. The molecule has 2 rings (SSSR count). The van der Waals surface area contributed by atoms with Gasteiger partial charge in [0.1, 0.15) is 0 Å². The first-order valence-corrected chi connectivity index (χ1v) is 6.43. The van der Waals surface area contributed by atoms with Crippen LogP contribution in [0.25, 0.3) is 0 Å². The highest BCUT2D eigenvalue weighted by molar-refractivity contribution is 5.32. The maximum atomic E-state index is 9.51. The molecule has 0 bridgehead atoms. The Morgan fingerprint density at radius 1 is 1.25 bits per heavy atom. The molecule has 1 aliphatic rings. The van der Waals surface area contributed by atoms with E-state index in [1.807, 2.05) is 0 Å².